The summed E-state index contributed by atoms with van der Waals surface area (Å²) in [4.78, 5) is 4.74. The predicted molar refractivity (Wildman–Crippen MR) is 89.3 cm³/mol. The maximum atomic E-state index is 5.62. The van der Waals surface area contributed by atoms with Gasteiger partial charge in [-0.2, -0.15) is 0 Å². The summed E-state index contributed by atoms with van der Waals surface area (Å²) < 4.78 is 0. The number of thiazole rings is 1. The molecule has 106 valence electrons. The molecule has 0 saturated carbocycles. The fourth-order valence-corrected chi connectivity index (χ4v) is 3.07. The second-order valence-corrected chi connectivity index (χ2v) is 5.96. The van der Waals surface area contributed by atoms with E-state index in [1.807, 2.05) is 0 Å². The summed E-state index contributed by atoms with van der Waals surface area (Å²) in [5.41, 5.74) is 10.4. The largest absolute Gasteiger partial charge is 0.326 e. The first kappa shape index (κ1) is 14.0. The summed E-state index contributed by atoms with van der Waals surface area (Å²) in [6, 6.07) is 18.9. The van der Waals surface area contributed by atoms with Crippen LogP contribution in [0.15, 0.2) is 60.0 Å². The van der Waals surface area contributed by atoms with Crippen LogP contribution in [0.25, 0.3) is 11.3 Å². The number of benzene rings is 2. The Kier molecular flexibility index (Phi) is 4.43. The molecule has 1 heterocycles. The minimum atomic E-state index is 0.583. The maximum absolute atomic E-state index is 5.62. The Morgan fingerprint density at radius 3 is 2.33 bits per heavy atom. The van der Waals surface area contributed by atoms with Crippen molar-refractivity contribution in [1.82, 2.24) is 4.98 Å². The molecule has 3 aromatic rings. The van der Waals surface area contributed by atoms with Crippen LogP contribution in [0.3, 0.4) is 0 Å². The molecule has 3 rings (SSSR count). The van der Waals surface area contributed by atoms with E-state index < -0.39 is 0 Å². The molecule has 0 unspecified atom stereocenters. The highest BCUT2D eigenvalue weighted by atomic mass is 32.1. The molecule has 21 heavy (non-hydrogen) atoms. The molecule has 0 spiro atoms. The van der Waals surface area contributed by atoms with Crippen LogP contribution in [0.5, 0.6) is 0 Å². The Balaban J connectivity index is 1.68. The lowest BCUT2D eigenvalue weighted by atomic mass is 10.1. The summed E-state index contributed by atoms with van der Waals surface area (Å²) in [5.74, 6) is 0. The molecule has 0 fully saturated rings. The molecule has 0 atom stereocenters. The lowest BCUT2D eigenvalue weighted by Gasteiger charge is -2.00. The Morgan fingerprint density at radius 1 is 0.857 bits per heavy atom. The van der Waals surface area contributed by atoms with Crippen LogP contribution in [0.1, 0.15) is 16.1 Å². The number of hydrogen-bond donors (Lipinski definition) is 1. The average Bonchev–Trinajstić information content (AvgIpc) is 3.03. The Bertz CT molecular complexity index is 687. The molecule has 1 aromatic heterocycles. The van der Waals surface area contributed by atoms with Gasteiger partial charge in [0, 0.05) is 23.9 Å². The van der Waals surface area contributed by atoms with Crippen LogP contribution >= 0.6 is 11.3 Å². The fraction of sp³-hybridized carbons (Fsp3) is 0.167. The molecule has 2 nitrogen and oxygen atoms in total. The van der Waals surface area contributed by atoms with Gasteiger partial charge in [-0.1, -0.05) is 54.6 Å². The first-order chi connectivity index (χ1) is 10.3. The van der Waals surface area contributed by atoms with E-state index in [1.165, 1.54) is 10.6 Å². The number of hydrogen-bond acceptors (Lipinski definition) is 3. The fourth-order valence-electron chi connectivity index (χ4n) is 2.27. The molecule has 0 radical (unpaired) electrons. The zero-order valence-corrected chi connectivity index (χ0v) is 12.6. The molecule has 0 aliphatic carbocycles. The van der Waals surface area contributed by atoms with Crippen molar-refractivity contribution in [2.75, 3.05) is 0 Å². The highest BCUT2D eigenvalue weighted by molar-refractivity contribution is 7.09. The van der Waals surface area contributed by atoms with Gasteiger partial charge in [0.2, 0.25) is 0 Å². The highest BCUT2D eigenvalue weighted by Gasteiger charge is 2.05. The number of nitrogens with zero attached hydrogens (tertiary/aromatic N) is 1. The third-order valence-corrected chi connectivity index (χ3v) is 4.42. The van der Waals surface area contributed by atoms with E-state index in [0.29, 0.717) is 6.54 Å². The van der Waals surface area contributed by atoms with Crippen LogP contribution in [0, 0.1) is 0 Å². The SMILES string of the molecule is NCc1ccc(-c2csc(CCc3ccccc3)n2)cc1. The normalized spacial score (nSPS) is 10.7. The molecule has 0 aliphatic rings. The van der Waals surface area contributed by atoms with E-state index in [1.54, 1.807) is 11.3 Å². The Hall–Kier alpha value is -1.97. The Labute approximate surface area is 129 Å². The molecular weight excluding hydrogens is 276 g/mol. The topological polar surface area (TPSA) is 38.9 Å². The third-order valence-electron chi connectivity index (χ3n) is 3.51. The lowest BCUT2D eigenvalue weighted by Crippen LogP contribution is -1.95. The van der Waals surface area contributed by atoms with E-state index in [-0.39, 0.29) is 0 Å². The van der Waals surface area contributed by atoms with Gasteiger partial charge < -0.3 is 5.73 Å². The minimum Gasteiger partial charge on any atom is -0.326 e. The molecule has 0 amide bonds. The van der Waals surface area contributed by atoms with E-state index in [9.17, 15) is 0 Å². The number of nitrogens with two attached hydrogens (primary N) is 1. The summed E-state index contributed by atoms with van der Waals surface area (Å²) in [6.07, 6.45) is 2.04. The van der Waals surface area contributed by atoms with E-state index in [2.05, 4.69) is 60.0 Å². The van der Waals surface area contributed by atoms with Crippen molar-refractivity contribution in [3.05, 3.63) is 76.1 Å². The number of aryl methyl sites for hydroxylation is 2. The van der Waals surface area contributed by atoms with Gasteiger partial charge in [0.25, 0.3) is 0 Å². The van der Waals surface area contributed by atoms with Crippen LogP contribution in [0.2, 0.25) is 0 Å². The highest BCUT2D eigenvalue weighted by Crippen LogP contribution is 2.23. The maximum Gasteiger partial charge on any atom is 0.0935 e. The quantitative estimate of drug-likeness (QED) is 0.771. The molecule has 2 N–H and O–H groups in total. The second-order valence-electron chi connectivity index (χ2n) is 5.01. The monoisotopic (exact) mass is 294 g/mol. The van der Waals surface area contributed by atoms with Gasteiger partial charge in [-0.05, 0) is 17.5 Å². The van der Waals surface area contributed by atoms with Gasteiger partial charge in [-0.3, -0.25) is 0 Å². The van der Waals surface area contributed by atoms with Crippen LogP contribution in [-0.4, -0.2) is 4.98 Å². The van der Waals surface area contributed by atoms with Crippen molar-refractivity contribution < 1.29 is 0 Å². The van der Waals surface area contributed by atoms with Crippen LogP contribution in [0.4, 0.5) is 0 Å². The first-order valence-electron chi connectivity index (χ1n) is 7.13. The molecule has 0 bridgehead atoms. The third kappa shape index (κ3) is 3.57. The van der Waals surface area contributed by atoms with Crippen molar-refractivity contribution in [2.24, 2.45) is 5.73 Å². The molecule has 3 heteroatoms. The van der Waals surface area contributed by atoms with Crippen molar-refractivity contribution in [2.45, 2.75) is 19.4 Å². The van der Waals surface area contributed by atoms with E-state index >= 15 is 0 Å². The molecular formula is C18H18N2S. The number of rotatable bonds is 5. The van der Waals surface area contributed by atoms with Crippen molar-refractivity contribution >= 4 is 11.3 Å². The van der Waals surface area contributed by atoms with Crippen LogP contribution in [-0.2, 0) is 19.4 Å². The summed E-state index contributed by atoms with van der Waals surface area (Å²) >= 11 is 1.74. The van der Waals surface area contributed by atoms with E-state index in [4.69, 9.17) is 10.7 Å². The van der Waals surface area contributed by atoms with Gasteiger partial charge in [0.15, 0.2) is 0 Å². The standard InChI is InChI=1S/C18H18N2S/c19-12-15-6-9-16(10-7-15)17-13-21-18(20-17)11-8-14-4-2-1-3-5-14/h1-7,9-10,13H,8,11-12,19H2. The average molecular weight is 294 g/mol. The van der Waals surface area contributed by atoms with Gasteiger partial charge in [0.1, 0.15) is 0 Å². The van der Waals surface area contributed by atoms with E-state index in [0.717, 1.165) is 29.7 Å². The number of aromatic nitrogens is 1. The first-order valence-corrected chi connectivity index (χ1v) is 8.01. The summed E-state index contributed by atoms with van der Waals surface area (Å²) in [6.45, 7) is 0.583. The lowest BCUT2D eigenvalue weighted by molar-refractivity contribution is 0.945. The van der Waals surface area contributed by atoms with Gasteiger partial charge in [-0.25, -0.2) is 4.98 Å². The van der Waals surface area contributed by atoms with Crippen molar-refractivity contribution in [3.8, 4) is 11.3 Å². The molecule has 2 aromatic carbocycles. The van der Waals surface area contributed by atoms with Gasteiger partial charge >= 0.3 is 0 Å². The zero-order valence-electron chi connectivity index (χ0n) is 11.8. The van der Waals surface area contributed by atoms with Crippen LogP contribution < -0.4 is 5.73 Å². The van der Waals surface area contributed by atoms with Gasteiger partial charge in [0.05, 0.1) is 10.7 Å². The Morgan fingerprint density at radius 2 is 1.62 bits per heavy atom. The minimum absolute atomic E-state index is 0.583. The zero-order chi connectivity index (χ0) is 14.5. The summed E-state index contributed by atoms with van der Waals surface area (Å²) in [5, 5.41) is 3.33. The van der Waals surface area contributed by atoms with Gasteiger partial charge in [-0.15, -0.1) is 11.3 Å². The molecule has 0 saturated heterocycles. The van der Waals surface area contributed by atoms with Crippen molar-refractivity contribution in [1.29, 1.82) is 0 Å². The predicted octanol–water partition coefficient (Wildman–Crippen LogP) is 4.05. The smallest absolute Gasteiger partial charge is 0.0935 e. The molecule has 0 aliphatic heterocycles. The van der Waals surface area contributed by atoms with Crippen molar-refractivity contribution in [3.63, 3.8) is 0 Å². The second kappa shape index (κ2) is 6.66. The summed E-state index contributed by atoms with van der Waals surface area (Å²) in [7, 11) is 0.